The van der Waals surface area contributed by atoms with Gasteiger partial charge >= 0.3 is 0 Å². The number of benzene rings is 1. The molecule has 2 bridgehead atoms. The van der Waals surface area contributed by atoms with Crippen LogP contribution in [0.2, 0.25) is 0 Å². The number of hydrogen-bond acceptors (Lipinski definition) is 4. The Morgan fingerprint density at radius 3 is 2.49 bits per heavy atom. The lowest BCUT2D eigenvalue weighted by Gasteiger charge is -2.45. The first-order chi connectivity index (χ1) is 17.8. The fourth-order valence-electron chi connectivity index (χ4n) is 6.23. The summed E-state index contributed by atoms with van der Waals surface area (Å²) >= 11 is 0. The van der Waals surface area contributed by atoms with Gasteiger partial charge in [0.1, 0.15) is 5.69 Å². The molecule has 0 N–H and O–H groups in total. The smallest absolute Gasteiger partial charge is 0.273 e. The van der Waals surface area contributed by atoms with Crippen LogP contribution >= 0.6 is 0 Å². The second kappa shape index (κ2) is 7.90. The molecule has 3 aromatic heterocycles. The predicted octanol–water partition coefficient (Wildman–Crippen LogP) is 5.03. The molecule has 0 spiro atoms. The Morgan fingerprint density at radius 1 is 1.00 bits per heavy atom. The van der Waals surface area contributed by atoms with Gasteiger partial charge in [0, 0.05) is 41.9 Å². The third-order valence-electron chi connectivity index (χ3n) is 7.96. The highest BCUT2D eigenvalue weighted by Gasteiger charge is 2.44. The summed E-state index contributed by atoms with van der Waals surface area (Å²) in [6.07, 6.45) is 5.15. The van der Waals surface area contributed by atoms with Gasteiger partial charge in [-0.15, -0.1) is 0 Å². The summed E-state index contributed by atoms with van der Waals surface area (Å²) in [5.41, 5.74) is 5.35. The molecular weight excluding hydrogens is 481 g/mol. The maximum Gasteiger partial charge on any atom is 0.273 e. The molecule has 10 heteroatoms. The number of piperidine rings is 1. The first-order valence-corrected chi connectivity index (χ1v) is 12.7. The highest BCUT2D eigenvalue weighted by atomic mass is 19.2. The molecular formula is C27H25F3N6O. The van der Waals surface area contributed by atoms with Crippen LogP contribution < -0.4 is 0 Å². The van der Waals surface area contributed by atoms with E-state index in [0.717, 1.165) is 66.9 Å². The van der Waals surface area contributed by atoms with E-state index in [4.69, 9.17) is 5.10 Å². The zero-order chi connectivity index (χ0) is 25.6. The molecule has 7 nitrogen and oxygen atoms in total. The van der Waals surface area contributed by atoms with E-state index in [-0.39, 0.29) is 23.6 Å². The van der Waals surface area contributed by atoms with Gasteiger partial charge in [0.25, 0.3) is 5.91 Å². The third-order valence-corrected chi connectivity index (χ3v) is 7.96. The SMILES string of the molecule is Cc1cc2nc(C(=O)N3[C@@H]4CCC[C@H]3c3nn(C)c(-c5cc(F)c(F)c(F)c5)c3C4)cc(C3CC3)n2n1. The maximum absolute atomic E-state index is 14.1. The van der Waals surface area contributed by atoms with E-state index in [1.807, 2.05) is 28.5 Å². The van der Waals surface area contributed by atoms with Crippen molar-refractivity contribution in [3.63, 3.8) is 0 Å². The average Bonchev–Trinajstić information content (AvgIpc) is 3.56. The number of rotatable bonds is 3. The summed E-state index contributed by atoms with van der Waals surface area (Å²) in [6, 6.07) is 5.44. The Morgan fingerprint density at radius 2 is 1.76 bits per heavy atom. The minimum atomic E-state index is -1.49. The average molecular weight is 507 g/mol. The van der Waals surface area contributed by atoms with E-state index in [1.165, 1.54) is 0 Å². The normalized spacial score (nSPS) is 20.9. The van der Waals surface area contributed by atoms with E-state index >= 15 is 0 Å². The van der Waals surface area contributed by atoms with E-state index < -0.39 is 17.5 Å². The predicted molar refractivity (Wildman–Crippen MR) is 128 cm³/mol. The monoisotopic (exact) mass is 506 g/mol. The van der Waals surface area contributed by atoms with Crippen LogP contribution in [0.25, 0.3) is 16.9 Å². The molecule has 4 aromatic rings. The van der Waals surface area contributed by atoms with Crippen molar-refractivity contribution in [2.24, 2.45) is 7.05 Å². The Kier molecular flexibility index (Phi) is 4.81. The number of aryl methyl sites for hydroxylation is 2. The van der Waals surface area contributed by atoms with Gasteiger partial charge in [-0.3, -0.25) is 9.48 Å². The number of carbonyl (C=O) groups is 1. The van der Waals surface area contributed by atoms with Crippen molar-refractivity contribution in [2.45, 2.75) is 63.5 Å². The standard InChI is InChI=1S/C27H25F3N6O/c1-13-8-23-31-20(12-22(14-6-7-14)36(23)32-13)27(37)35-16-4-3-5-21(35)25-17(11-16)26(34(2)33-25)15-9-18(28)24(30)19(29)10-15/h8-10,12,14,16,21H,3-7,11H2,1-2H3/t16-,21+/m1/s1. The van der Waals surface area contributed by atoms with Gasteiger partial charge < -0.3 is 4.90 Å². The molecule has 1 saturated heterocycles. The van der Waals surface area contributed by atoms with Crippen LogP contribution in [0, 0.1) is 24.4 Å². The van der Waals surface area contributed by atoms with Crippen LogP contribution in [0.1, 0.15) is 77.2 Å². The summed E-state index contributed by atoms with van der Waals surface area (Å²) in [4.78, 5) is 20.6. The van der Waals surface area contributed by atoms with Crippen LogP contribution in [0.5, 0.6) is 0 Å². The quantitative estimate of drug-likeness (QED) is 0.366. The Hall–Kier alpha value is -3.69. The lowest BCUT2D eigenvalue weighted by Crippen LogP contribution is -2.50. The lowest BCUT2D eigenvalue weighted by atomic mass is 9.81. The summed E-state index contributed by atoms with van der Waals surface area (Å²) in [7, 11) is 1.71. The van der Waals surface area contributed by atoms with Crippen molar-refractivity contribution < 1.29 is 18.0 Å². The van der Waals surface area contributed by atoms with Gasteiger partial charge in [0.05, 0.1) is 23.1 Å². The summed E-state index contributed by atoms with van der Waals surface area (Å²) in [5, 5.41) is 9.29. The van der Waals surface area contributed by atoms with Crippen molar-refractivity contribution in [1.82, 2.24) is 29.3 Å². The number of nitrogens with zero attached hydrogens (tertiary/aromatic N) is 6. The molecule has 7 rings (SSSR count). The second-order valence-corrected chi connectivity index (χ2v) is 10.5. The van der Waals surface area contributed by atoms with Gasteiger partial charge in [-0.05, 0) is 63.6 Å². The Labute approximate surface area is 210 Å². The second-order valence-electron chi connectivity index (χ2n) is 10.5. The van der Waals surface area contributed by atoms with E-state index in [2.05, 4.69) is 10.1 Å². The zero-order valence-corrected chi connectivity index (χ0v) is 20.5. The molecule has 2 atom stereocenters. The minimum absolute atomic E-state index is 0.0918. The Balaban J connectivity index is 1.31. The highest BCUT2D eigenvalue weighted by molar-refractivity contribution is 5.94. The number of carbonyl (C=O) groups excluding carboxylic acids is 1. The lowest BCUT2D eigenvalue weighted by molar-refractivity contribution is 0.0386. The number of fused-ring (bicyclic) bond motifs is 5. The largest absolute Gasteiger partial charge is 0.325 e. The third kappa shape index (κ3) is 3.41. The van der Waals surface area contributed by atoms with Gasteiger partial charge in [-0.1, -0.05) is 0 Å². The van der Waals surface area contributed by atoms with Crippen molar-refractivity contribution in [3.8, 4) is 11.3 Å². The van der Waals surface area contributed by atoms with Crippen molar-refractivity contribution in [2.75, 3.05) is 0 Å². The Bertz CT molecular complexity index is 1580. The first-order valence-electron chi connectivity index (χ1n) is 12.7. The first kappa shape index (κ1) is 22.5. The van der Waals surface area contributed by atoms with Crippen molar-refractivity contribution >= 4 is 11.6 Å². The number of halogens is 3. The van der Waals surface area contributed by atoms with Gasteiger partial charge in [0.2, 0.25) is 0 Å². The highest BCUT2D eigenvalue weighted by Crippen LogP contribution is 2.46. The van der Waals surface area contributed by atoms with Crippen LogP contribution in [0.15, 0.2) is 24.3 Å². The number of aromatic nitrogens is 5. The van der Waals surface area contributed by atoms with Crippen LogP contribution in [-0.2, 0) is 13.5 Å². The summed E-state index contributed by atoms with van der Waals surface area (Å²) < 4.78 is 45.2. The van der Waals surface area contributed by atoms with Crippen LogP contribution in [0.3, 0.4) is 0 Å². The zero-order valence-electron chi connectivity index (χ0n) is 20.5. The topological polar surface area (TPSA) is 68.3 Å². The molecule has 2 fully saturated rings. The van der Waals surface area contributed by atoms with Gasteiger partial charge in [-0.2, -0.15) is 10.2 Å². The molecule has 2 aliphatic heterocycles. The molecule has 5 heterocycles. The molecule has 1 saturated carbocycles. The molecule has 37 heavy (non-hydrogen) atoms. The van der Waals surface area contributed by atoms with Crippen molar-refractivity contribution in [3.05, 3.63) is 70.1 Å². The molecule has 1 amide bonds. The molecule has 190 valence electrons. The minimum Gasteiger partial charge on any atom is -0.325 e. The maximum atomic E-state index is 14.1. The van der Waals surface area contributed by atoms with E-state index in [9.17, 15) is 18.0 Å². The number of hydrogen-bond donors (Lipinski definition) is 0. The van der Waals surface area contributed by atoms with Crippen molar-refractivity contribution in [1.29, 1.82) is 0 Å². The molecule has 1 aliphatic carbocycles. The van der Waals surface area contributed by atoms with Gasteiger partial charge in [-0.25, -0.2) is 22.7 Å². The fourth-order valence-corrected chi connectivity index (χ4v) is 6.23. The van der Waals surface area contributed by atoms with Crippen LogP contribution in [0.4, 0.5) is 13.2 Å². The molecule has 3 aliphatic rings. The number of amides is 1. The fraction of sp³-hybridized carbons (Fsp3) is 0.407. The van der Waals surface area contributed by atoms with Gasteiger partial charge in [0.15, 0.2) is 23.1 Å². The molecule has 0 radical (unpaired) electrons. The summed E-state index contributed by atoms with van der Waals surface area (Å²) in [6.45, 7) is 1.92. The molecule has 1 aromatic carbocycles. The molecule has 0 unspecified atom stereocenters. The van der Waals surface area contributed by atoms with E-state index in [1.54, 1.807) is 11.7 Å². The van der Waals surface area contributed by atoms with Crippen LogP contribution in [-0.4, -0.2) is 41.2 Å². The summed E-state index contributed by atoms with van der Waals surface area (Å²) in [5.74, 6) is -3.70. The van der Waals surface area contributed by atoms with E-state index in [0.29, 0.717) is 29.4 Å².